The molecule has 4 rings (SSSR count). The van der Waals surface area contributed by atoms with Gasteiger partial charge in [0, 0.05) is 23.8 Å². The minimum Gasteiger partial charge on any atom is -0.376 e. The van der Waals surface area contributed by atoms with Crippen LogP contribution in [0.3, 0.4) is 0 Å². The first kappa shape index (κ1) is 19.4. The number of hydrogen-bond donors (Lipinski definition) is 0. The van der Waals surface area contributed by atoms with E-state index >= 15 is 0 Å². The SMILES string of the molecule is Cc1c(C(=O)N(CC2CCCO2)c2nc3ccc(F)cc3s2)cccc1[N+](=O)[O-]. The number of nitrogens with zero attached hydrogens (tertiary/aromatic N) is 3. The van der Waals surface area contributed by atoms with Gasteiger partial charge in [-0.05, 0) is 44.0 Å². The number of rotatable bonds is 5. The molecule has 3 aromatic rings. The summed E-state index contributed by atoms with van der Waals surface area (Å²) in [6, 6.07) is 8.71. The Hall–Kier alpha value is -2.91. The third-order valence-electron chi connectivity index (χ3n) is 4.96. The van der Waals surface area contributed by atoms with E-state index in [2.05, 4.69) is 4.98 Å². The molecule has 1 aliphatic heterocycles. The van der Waals surface area contributed by atoms with Gasteiger partial charge < -0.3 is 4.74 Å². The Labute approximate surface area is 169 Å². The molecule has 1 amide bonds. The van der Waals surface area contributed by atoms with Gasteiger partial charge in [-0.2, -0.15) is 0 Å². The number of carbonyl (C=O) groups excluding carboxylic acids is 1. The molecule has 1 fully saturated rings. The molecule has 9 heteroatoms. The number of fused-ring (bicyclic) bond motifs is 1. The molecule has 7 nitrogen and oxygen atoms in total. The Morgan fingerprint density at radius 2 is 2.24 bits per heavy atom. The summed E-state index contributed by atoms with van der Waals surface area (Å²) in [6.07, 6.45) is 1.59. The summed E-state index contributed by atoms with van der Waals surface area (Å²) in [6.45, 7) is 2.47. The summed E-state index contributed by atoms with van der Waals surface area (Å²) in [5.41, 5.74) is 1.02. The lowest BCUT2D eigenvalue weighted by Gasteiger charge is -2.23. The number of thiazole rings is 1. The van der Waals surface area contributed by atoms with Crippen LogP contribution in [0.4, 0.5) is 15.2 Å². The van der Waals surface area contributed by atoms with Crippen LogP contribution in [-0.2, 0) is 4.74 Å². The fourth-order valence-corrected chi connectivity index (χ4v) is 4.44. The van der Waals surface area contributed by atoms with E-state index in [-0.39, 0.29) is 35.6 Å². The topological polar surface area (TPSA) is 85.6 Å². The van der Waals surface area contributed by atoms with Crippen molar-refractivity contribution in [1.29, 1.82) is 0 Å². The molecule has 0 aliphatic carbocycles. The Balaban J connectivity index is 1.76. The second-order valence-electron chi connectivity index (χ2n) is 6.87. The highest BCUT2D eigenvalue weighted by Crippen LogP contribution is 2.32. The van der Waals surface area contributed by atoms with Crippen molar-refractivity contribution in [1.82, 2.24) is 4.98 Å². The van der Waals surface area contributed by atoms with Gasteiger partial charge in [0.05, 0.1) is 27.8 Å². The molecular weight excluding hydrogens is 397 g/mol. The van der Waals surface area contributed by atoms with Crippen LogP contribution in [0.5, 0.6) is 0 Å². The van der Waals surface area contributed by atoms with Gasteiger partial charge in [-0.3, -0.25) is 19.8 Å². The number of amides is 1. The van der Waals surface area contributed by atoms with E-state index in [9.17, 15) is 19.3 Å². The fraction of sp³-hybridized carbons (Fsp3) is 0.300. The van der Waals surface area contributed by atoms with Gasteiger partial charge in [-0.15, -0.1) is 0 Å². The van der Waals surface area contributed by atoms with Crippen LogP contribution in [-0.4, -0.2) is 35.1 Å². The number of benzene rings is 2. The normalized spacial score (nSPS) is 16.3. The van der Waals surface area contributed by atoms with E-state index in [1.54, 1.807) is 19.1 Å². The Kier molecular flexibility index (Phi) is 5.25. The van der Waals surface area contributed by atoms with Crippen LogP contribution in [0.15, 0.2) is 36.4 Å². The standard InChI is InChI=1S/C20H18FN3O4S/c1-12-15(5-2-6-17(12)24(26)27)19(25)23(11-14-4-3-9-28-14)20-22-16-8-7-13(21)10-18(16)29-20/h2,5-8,10,14H,3-4,9,11H2,1H3. The molecule has 1 aliphatic rings. The number of nitro groups is 1. The number of carbonyl (C=O) groups is 1. The van der Waals surface area contributed by atoms with E-state index in [0.29, 0.717) is 27.5 Å². The van der Waals surface area contributed by atoms with E-state index < -0.39 is 4.92 Å². The van der Waals surface area contributed by atoms with Crippen molar-refractivity contribution >= 4 is 38.3 Å². The number of nitro benzene ring substituents is 1. The van der Waals surface area contributed by atoms with Crippen LogP contribution >= 0.6 is 11.3 Å². The van der Waals surface area contributed by atoms with Crippen LogP contribution < -0.4 is 4.90 Å². The van der Waals surface area contributed by atoms with E-state index in [0.717, 1.165) is 12.8 Å². The summed E-state index contributed by atoms with van der Waals surface area (Å²) < 4.78 is 19.9. The molecule has 0 spiro atoms. The van der Waals surface area contributed by atoms with Gasteiger partial charge >= 0.3 is 0 Å². The van der Waals surface area contributed by atoms with Crippen LogP contribution in [0, 0.1) is 22.9 Å². The highest BCUT2D eigenvalue weighted by molar-refractivity contribution is 7.22. The summed E-state index contributed by atoms with van der Waals surface area (Å²) in [5, 5.41) is 11.7. The van der Waals surface area contributed by atoms with Gasteiger partial charge in [0.1, 0.15) is 5.82 Å². The molecule has 0 radical (unpaired) electrons. The van der Waals surface area contributed by atoms with Crippen LogP contribution in [0.1, 0.15) is 28.8 Å². The highest BCUT2D eigenvalue weighted by Gasteiger charge is 2.29. The third kappa shape index (κ3) is 3.83. The van der Waals surface area contributed by atoms with E-state index in [1.165, 1.54) is 40.5 Å². The van der Waals surface area contributed by atoms with Crippen LogP contribution in [0.25, 0.3) is 10.2 Å². The lowest BCUT2D eigenvalue weighted by Crippen LogP contribution is -2.37. The Bertz CT molecular complexity index is 1090. The number of aromatic nitrogens is 1. The summed E-state index contributed by atoms with van der Waals surface area (Å²) in [7, 11) is 0. The number of halogens is 1. The Morgan fingerprint density at radius 3 is 2.97 bits per heavy atom. The number of hydrogen-bond acceptors (Lipinski definition) is 6. The minimum absolute atomic E-state index is 0.112. The van der Waals surface area contributed by atoms with Crippen molar-refractivity contribution in [3.63, 3.8) is 0 Å². The van der Waals surface area contributed by atoms with E-state index in [1.807, 2.05) is 0 Å². The monoisotopic (exact) mass is 415 g/mol. The number of anilines is 1. The average Bonchev–Trinajstić information content (AvgIpc) is 3.34. The molecule has 2 heterocycles. The largest absolute Gasteiger partial charge is 0.376 e. The molecule has 0 N–H and O–H groups in total. The Morgan fingerprint density at radius 1 is 1.41 bits per heavy atom. The van der Waals surface area contributed by atoms with E-state index in [4.69, 9.17) is 4.74 Å². The highest BCUT2D eigenvalue weighted by atomic mass is 32.1. The first-order chi connectivity index (χ1) is 13.9. The van der Waals surface area contributed by atoms with Gasteiger partial charge in [-0.1, -0.05) is 17.4 Å². The maximum Gasteiger partial charge on any atom is 0.273 e. The lowest BCUT2D eigenvalue weighted by molar-refractivity contribution is -0.385. The average molecular weight is 415 g/mol. The molecule has 29 heavy (non-hydrogen) atoms. The zero-order chi connectivity index (χ0) is 20.5. The number of ether oxygens (including phenoxy) is 1. The first-order valence-corrected chi connectivity index (χ1v) is 9.99. The molecular formula is C20H18FN3O4S. The quantitative estimate of drug-likeness (QED) is 0.453. The molecule has 1 atom stereocenters. The molecule has 2 aromatic carbocycles. The third-order valence-corrected chi connectivity index (χ3v) is 6.00. The van der Waals surface area contributed by atoms with Crippen molar-refractivity contribution in [2.24, 2.45) is 0 Å². The summed E-state index contributed by atoms with van der Waals surface area (Å²) in [5.74, 6) is -0.763. The van der Waals surface area contributed by atoms with Gasteiger partial charge in [0.15, 0.2) is 5.13 Å². The molecule has 1 unspecified atom stereocenters. The molecule has 1 aromatic heterocycles. The summed E-state index contributed by atoms with van der Waals surface area (Å²) >= 11 is 1.21. The van der Waals surface area contributed by atoms with Crippen molar-refractivity contribution in [3.05, 3.63) is 63.5 Å². The van der Waals surface area contributed by atoms with Crippen molar-refractivity contribution in [3.8, 4) is 0 Å². The first-order valence-electron chi connectivity index (χ1n) is 9.17. The molecule has 0 saturated carbocycles. The zero-order valence-electron chi connectivity index (χ0n) is 15.6. The maximum atomic E-state index is 13.6. The predicted octanol–water partition coefficient (Wildman–Crippen LogP) is 4.48. The smallest absolute Gasteiger partial charge is 0.273 e. The second kappa shape index (κ2) is 7.84. The van der Waals surface area contributed by atoms with Crippen molar-refractivity contribution in [2.45, 2.75) is 25.9 Å². The van der Waals surface area contributed by atoms with Crippen molar-refractivity contribution in [2.75, 3.05) is 18.1 Å². The van der Waals surface area contributed by atoms with Gasteiger partial charge in [0.25, 0.3) is 11.6 Å². The van der Waals surface area contributed by atoms with Crippen molar-refractivity contribution < 1.29 is 18.8 Å². The van der Waals surface area contributed by atoms with Gasteiger partial charge in [0.2, 0.25) is 0 Å². The fourth-order valence-electron chi connectivity index (χ4n) is 3.44. The predicted molar refractivity (Wildman–Crippen MR) is 108 cm³/mol. The zero-order valence-corrected chi connectivity index (χ0v) is 16.4. The van der Waals surface area contributed by atoms with Gasteiger partial charge in [-0.25, -0.2) is 9.37 Å². The molecule has 1 saturated heterocycles. The molecule has 0 bridgehead atoms. The second-order valence-corrected chi connectivity index (χ2v) is 7.88. The minimum atomic E-state index is -0.503. The van der Waals surface area contributed by atoms with Crippen LogP contribution in [0.2, 0.25) is 0 Å². The lowest BCUT2D eigenvalue weighted by atomic mass is 10.1. The summed E-state index contributed by atoms with van der Waals surface area (Å²) in [4.78, 5) is 30.2. The molecule has 150 valence electrons. The maximum absolute atomic E-state index is 13.6.